The molecular weight excluding hydrogens is 470 g/mol. The molecule has 1 saturated heterocycles. The molecule has 2 fully saturated rings. The zero-order chi connectivity index (χ0) is 24.5. The Balaban J connectivity index is 1.52. The van der Waals surface area contributed by atoms with E-state index in [9.17, 15) is 9.59 Å². The van der Waals surface area contributed by atoms with Crippen molar-refractivity contribution in [3.63, 3.8) is 0 Å². The Morgan fingerprint density at radius 1 is 1.26 bits per heavy atom. The van der Waals surface area contributed by atoms with E-state index in [-0.39, 0.29) is 23.7 Å². The van der Waals surface area contributed by atoms with Crippen molar-refractivity contribution in [1.29, 1.82) is 0 Å². The third-order valence-corrected chi connectivity index (χ3v) is 7.42. The Hall–Kier alpha value is -3.41. The van der Waals surface area contributed by atoms with E-state index in [0.29, 0.717) is 55.8 Å². The topological polar surface area (TPSA) is 134 Å². The first-order valence-electron chi connectivity index (χ1n) is 12.0. The fourth-order valence-electron chi connectivity index (χ4n) is 4.46. The smallest absolute Gasteiger partial charge is 0.404 e. The molecule has 0 unspecified atom stereocenters. The second-order valence-corrected chi connectivity index (χ2v) is 9.90. The number of anilines is 1. The van der Waals surface area contributed by atoms with Gasteiger partial charge in [-0.1, -0.05) is 0 Å². The van der Waals surface area contributed by atoms with Gasteiger partial charge in [0, 0.05) is 36.8 Å². The Kier molecular flexibility index (Phi) is 6.46. The van der Waals surface area contributed by atoms with Crippen LogP contribution in [0.3, 0.4) is 0 Å². The predicted molar refractivity (Wildman–Crippen MR) is 131 cm³/mol. The number of rotatable bonds is 8. The number of fused-ring (bicyclic) bond motifs is 1. The molecule has 1 saturated carbocycles. The summed E-state index contributed by atoms with van der Waals surface area (Å²) < 4.78 is 7.72. The fourth-order valence-corrected chi connectivity index (χ4v) is 5.25. The SMILES string of the molecule is CCOc1c(N[C@@H](C)C2CC2)nc(-c2cnn3ccsc23)nc1C(=O)N1CCC(NC(=O)O)CC1. The lowest BCUT2D eigenvalue weighted by Crippen LogP contribution is -2.46. The number of amides is 2. The van der Waals surface area contributed by atoms with Crippen molar-refractivity contribution in [3.05, 3.63) is 23.5 Å². The van der Waals surface area contributed by atoms with Crippen LogP contribution in [0.25, 0.3) is 16.2 Å². The minimum atomic E-state index is -1.05. The van der Waals surface area contributed by atoms with Gasteiger partial charge < -0.3 is 25.4 Å². The number of ether oxygens (including phenoxy) is 1. The maximum atomic E-state index is 13.7. The van der Waals surface area contributed by atoms with Gasteiger partial charge in [-0.25, -0.2) is 19.3 Å². The molecular formula is C23H29N7O4S. The zero-order valence-electron chi connectivity index (χ0n) is 19.7. The number of thiazole rings is 1. The van der Waals surface area contributed by atoms with Gasteiger partial charge in [0.1, 0.15) is 4.83 Å². The van der Waals surface area contributed by atoms with E-state index in [1.807, 2.05) is 18.5 Å². The molecule has 4 heterocycles. The van der Waals surface area contributed by atoms with Crippen LogP contribution in [-0.4, -0.2) is 73.4 Å². The van der Waals surface area contributed by atoms with E-state index >= 15 is 0 Å². The van der Waals surface area contributed by atoms with Crippen LogP contribution in [0.4, 0.5) is 10.6 Å². The van der Waals surface area contributed by atoms with Crippen molar-refractivity contribution in [2.75, 3.05) is 25.0 Å². The Bertz CT molecular complexity index is 1230. The van der Waals surface area contributed by atoms with Crippen LogP contribution in [0.2, 0.25) is 0 Å². The van der Waals surface area contributed by atoms with Gasteiger partial charge in [-0.3, -0.25) is 4.79 Å². The van der Waals surface area contributed by atoms with E-state index in [4.69, 9.17) is 19.8 Å². The van der Waals surface area contributed by atoms with Crippen molar-refractivity contribution in [2.45, 2.75) is 51.6 Å². The molecule has 11 nitrogen and oxygen atoms in total. The van der Waals surface area contributed by atoms with Crippen LogP contribution in [0.5, 0.6) is 5.75 Å². The molecule has 0 spiro atoms. The molecule has 5 rings (SSSR count). The number of carbonyl (C=O) groups is 2. The standard InChI is InChI=1S/C23H29N7O4S/c1-3-34-18-17(21(31)29-8-6-15(7-9-29)26-23(32)33)27-19(16-12-24-30-10-11-35-22(16)30)28-20(18)25-13(2)14-4-5-14/h10-15,26H,3-9H2,1-2H3,(H,32,33)(H,25,27,28)/t13-/m0/s1. The molecule has 3 aromatic rings. The predicted octanol–water partition coefficient (Wildman–Crippen LogP) is 3.33. The highest BCUT2D eigenvalue weighted by atomic mass is 32.1. The van der Waals surface area contributed by atoms with E-state index in [1.54, 1.807) is 15.6 Å². The molecule has 1 aliphatic carbocycles. The van der Waals surface area contributed by atoms with Gasteiger partial charge in [0.2, 0.25) is 0 Å². The molecule has 186 valence electrons. The number of piperidine rings is 1. The summed E-state index contributed by atoms with van der Waals surface area (Å²) in [5.74, 6) is 1.61. The molecule has 3 N–H and O–H groups in total. The fraction of sp³-hybridized carbons (Fsp3) is 0.522. The minimum Gasteiger partial charge on any atom is -0.488 e. The van der Waals surface area contributed by atoms with E-state index in [0.717, 1.165) is 10.4 Å². The van der Waals surface area contributed by atoms with Gasteiger partial charge in [-0.2, -0.15) is 5.10 Å². The highest BCUT2D eigenvalue weighted by Gasteiger charge is 2.33. The summed E-state index contributed by atoms with van der Waals surface area (Å²) in [5, 5.41) is 21.3. The van der Waals surface area contributed by atoms with Gasteiger partial charge in [0.25, 0.3) is 5.91 Å². The van der Waals surface area contributed by atoms with Gasteiger partial charge in [-0.05, 0) is 45.4 Å². The molecule has 1 aliphatic heterocycles. The van der Waals surface area contributed by atoms with Crippen molar-refractivity contribution in [2.24, 2.45) is 5.92 Å². The third-order valence-electron chi connectivity index (χ3n) is 6.53. The van der Waals surface area contributed by atoms with Crippen LogP contribution in [0.15, 0.2) is 17.8 Å². The Morgan fingerprint density at radius 2 is 2.03 bits per heavy atom. The summed E-state index contributed by atoms with van der Waals surface area (Å²) in [6.07, 6.45) is 5.96. The van der Waals surface area contributed by atoms with Crippen molar-refractivity contribution in [1.82, 2.24) is 29.8 Å². The Labute approximate surface area is 206 Å². The van der Waals surface area contributed by atoms with E-state index < -0.39 is 6.09 Å². The molecule has 3 aromatic heterocycles. The second-order valence-electron chi connectivity index (χ2n) is 9.00. The maximum absolute atomic E-state index is 13.7. The van der Waals surface area contributed by atoms with E-state index in [1.165, 1.54) is 24.2 Å². The lowest BCUT2D eigenvalue weighted by Gasteiger charge is -2.32. The molecule has 2 aliphatic rings. The van der Waals surface area contributed by atoms with Crippen LogP contribution >= 0.6 is 11.3 Å². The summed E-state index contributed by atoms with van der Waals surface area (Å²) in [7, 11) is 0. The number of nitrogens with one attached hydrogen (secondary N) is 2. The quantitative estimate of drug-likeness (QED) is 0.430. The van der Waals surface area contributed by atoms with Crippen molar-refractivity contribution < 1.29 is 19.4 Å². The zero-order valence-corrected chi connectivity index (χ0v) is 20.5. The normalized spacial score (nSPS) is 17.4. The third kappa shape index (κ3) is 4.88. The van der Waals surface area contributed by atoms with Crippen molar-refractivity contribution in [3.8, 4) is 17.1 Å². The van der Waals surface area contributed by atoms with Gasteiger partial charge >= 0.3 is 6.09 Å². The van der Waals surface area contributed by atoms with Crippen molar-refractivity contribution >= 4 is 34.0 Å². The second kappa shape index (κ2) is 9.68. The number of hydrogen-bond donors (Lipinski definition) is 3. The molecule has 0 radical (unpaired) electrons. The molecule has 2 amide bonds. The average molecular weight is 500 g/mol. The molecule has 12 heteroatoms. The van der Waals surface area contributed by atoms with E-state index in [2.05, 4.69) is 22.7 Å². The monoisotopic (exact) mass is 499 g/mol. The minimum absolute atomic E-state index is 0.167. The summed E-state index contributed by atoms with van der Waals surface area (Å²) in [4.78, 5) is 36.8. The first-order valence-corrected chi connectivity index (χ1v) is 12.8. The van der Waals surface area contributed by atoms with Crippen LogP contribution in [0.1, 0.15) is 50.0 Å². The lowest BCUT2D eigenvalue weighted by atomic mass is 10.0. The highest BCUT2D eigenvalue weighted by Crippen LogP contribution is 2.38. The van der Waals surface area contributed by atoms with Gasteiger partial charge in [-0.15, -0.1) is 11.3 Å². The summed E-state index contributed by atoms with van der Waals surface area (Å²) in [6, 6.07) is 0.0201. The summed E-state index contributed by atoms with van der Waals surface area (Å²) in [5.41, 5.74) is 0.964. The number of likely N-dealkylation sites (tertiary alicyclic amines) is 1. The first-order chi connectivity index (χ1) is 16.9. The largest absolute Gasteiger partial charge is 0.488 e. The number of hydrogen-bond acceptors (Lipinski definition) is 8. The molecule has 1 atom stereocenters. The number of carboxylic acid groups (broad SMARTS) is 1. The summed E-state index contributed by atoms with van der Waals surface area (Å²) >= 11 is 1.53. The lowest BCUT2D eigenvalue weighted by molar-refractivity contribution is 0.0695. The van der Waals surface area contributed by atoms with Crippen LogP contribution in [-0.2, 0) is 0 Å². The first kappa shape index (κ1) is 23.3. The highest BCUT2D eigenvalue weighted by molar-refractivity contribution is 7.16. The van der Waals surface area contributed by atoms with Gasteiger partial charge in [0.05, 0.1) is 18.4 Å². The van der Waals surface area contributed by atoms with Crippen LogP contribution < -0.4 is 15.4 Å². The molecule has 35 heavy (non-hydrogen) atoms. The number of aromatic nitrogens is 4. The summed E-state index contributed by atoms with van der Waals surface area (Å²) in [6.45, 7) is 5.21. The van der Waals surface area contributed by atoms with Crippen LogP contribution in [0, 0.1) is 5.92 Å². The molecule has 0 bridgehead atoms. The molecule has 0 aromatic carbocycles. The Morgan fingerprint density at radius 3 is 2.71 bits per heavy atom. The average Bonchev–Trinajstić information content (AvgIpc) is 3.46. The maximum Gasteiger partial charge on any atom is 0.404 e. The number of carbonyl (C=O) groups excluding carboxylic acids is 1. The van der Waals surface area contributed by atoms with Gasteiger partial charge in [0.15, 0.2) is 23.1 Å². The number of nitrogens with zero attached hydrogens (tertiary/aromatic N) is 5.